The minimum absolute atomic E-state index is 0.265. The fourth-order valence-electron chi connectivity index (χ4n) is 2.29. The summed E-state index contributed by atoms with van der Waals surface area (Å²) in [6, 6.07) is 0. The van der Waals surface area contributed by atoms with Crippen LogP contribution in [0.25, 0.3) is 0 Å². The average Bonchev–Trinajstić information content (AvgIpc) is 2.37. The molecule has 18 heavy (non-hydrogen) atoms. The van der Waals surface area contributed by atoms with Crippen molar-refractivity contribution in [3.63, 3.8) is 0 Å². The van der Waals surface area contributed by atoms with Crippen LogP contribution < -0.4 is 0 Å². The number of hydrogen-bond acceptors (Lipinski definition) is 3. The van der Waals surface area contributed by atoms with Crippen molar-refractivity contribution in [1.29, 1.82) is 0 Å². The van der Waals surface area contributed by atoms with Crippen LogP contribution in [0.3, 0.4) is 0 Å². The molecule has 0 bridgehead atoms. The van der Waals surface area contributed by atoms with Gasteiger partial charge in [0.25, 0.3) is 0 Å². The maximum absolute atomic E-state index is 10.5. The Kier molecular flexibility index (Phi) is 7.69. The van der Waals surface area contributed by atoms with E-state index in [1.54, 1.807) is 0 Å². The summed E-state index contributed by atoms with van der Waals surface area (Å²) in [5.74, 6) is -0.695. The number of allylic oxidation sites excluding steroid dienone is 1. The monoisotopic (exact) mass is 254 g/mol. The van der Waals surface area contributed by atoms with Crippen LogP contribution in [0.15, 0.2) is 12.7 Å². The first kappa shape index (κ1) is 15.2. The third-order valence-corrected chi connectivity index (χ3v) is 3.49. The molecule has 0 aliphatic carbocycles. The van der Waals surface area contributed by atoms with Crippen molar-refractivity contribution in [1.82, 2.24) is 9.80 Å². The molecule has 0 aromatic rings. The third kappa shape index (κ3) is 6.77. The van der Waals surface area contributed by atoms with Crippen LogP contribution in [0.1, 0.15) is 32.1 Å². The fraction of sp³-hybridized carbons (Fsp3) is 0.786. The SMILES string of the molecule is C=CCCCCCN1CCN(CCC(=O)O)CC1. The molecule has 1 heterocycles. The Balaban J connectivity index is 2.01. The average molecular weight is 254 g/mol. The molecule has 4 heteroatoms. The summed E-state index contributed by atoms with van der Waals surface area (Å²) in [5, 5.41) is 8.64. The minimum atomic E-state index is -0.695. The van der Waals surface area contributed by atoms with Crippen molar-refractivity contribution in [2.75, 3.05) is 39.3 Å². The maximum Gasteiger partial charge on any atom is 0.304 e. The molecular formula is C14H26N2O2. The van der Waals surface area contributed by atoms with Gasteiger partial charge in [-0.1, -0.05) is 12.5 Å². The van der Waals surface area contributed by atoms with E-state index >= 15 is 0 Å². The number of rotatable bonds is 9. The summed E-state index contributed by atoms with van der Waals surface area (Å²) in [5.41, 5.74) is 0. The quantitative estimate of drug-likeness (QED) is 0.503. The zero-order chi connectivity index (χ0) is 13.2. The van der Waals surface area contributed by atoms with E-state index in [0.717, 1.165) is 32.6 Å². The molecule has 4 nitrogen and oxygen atoms in total. The zero-order valence-electron chi connectivity index (χ0n) is 11.3. The van der Waals surface area contributed by atoms with Gasteiger partial charge in [0.2, 0.25) is 0 Å². The van der Waals surface area contributed by atoms with E-state index in [2.05, 4.69) is 16.4 Å². The van der Waals surface area contributed by atoms with Crippen LogP contribution in [-0.4, -0.2) is 60.1 Å². The predicted molar refractivity (Wildman–Crippen MR) is 73.8 cm³/mol. The summed E-state index contributed by atoms with van der Waals surface area (Å²) in [6.45, 7) is 9.81. The van der Waals surface area contributed by atoms with Crippen LogP contribution in [0.2, 0.25) is 0 Å². The molecule has 0 spiro atoms. The minimum Gasteiger partial charge on any atom is -0.481 e. The second-order valence-electron chi connectivity index (χ2n) is 4.97. The summed E-state index contributed by atoms with van der Waals surface area (Å²) >= 11 is 0. The lowest BCUT2D eigenvalue weighted by atomic mass is 10.2. The lowest BCUT2D eigenvalue weighted by molar-refractivity contribution is -0.137. The highest BCUT2D eigenvalue weighted by Crippen LogP contribution is 2.06. The first-order valence-electron chi connectivity index (χ1n) is 7.00. The van der Waals surface area contributed by atoms with E-state index in [9.17, 15) is 4.79 Å². The molecule has 104 valence electrons. The van der Waals surface area contributed by atoms with Gasteiger partial charge in [-0.3, -0.25) is 4.79 Å². The van der Waals surface area contributed by atoms with E-state index in [0.29, 0.717) is 6.54 Å². The number of nitrogens with zero attached hydrogens (tertiary/aromatic N) is 2. The van der Waals surface area contributed by atoms with Gasteiger partial charge in [-0.15, -0.1) is 6.58 Å². The van der Waals surface area contributed by atoms with Gasteiger partial charge < -0.3 is 14.9 Å². The number of carboxylic acid groups (broad SMARTS) is 1. The first-order chi connectivity index (χ1) is 8.72. The van der Waals surface area contributed by atoms with Crippen molar-refractivity contribution in [3.05, 3.63) is 12.7 Å². The van der Waals surface area contributed by atoms with Crippen LogP contribution in [0, 0.1) is 0 Å². The number of carbonyl (C=O) groups is 1. The van der Waals surface area contributed by atoms with Crippen molar-refractivity contribution in [3.8, 4) is 0 Å². The molecular weight excluding hydrogens is 228 g/mol. The predicted octanol–water partition coefficient (Wildman–Crippen LogP) is 1.83. The lowest BCUT2D eigenvalue weighted by Gasteiger charge is -2.34. The van der Waals surface area contributed by atoms with E-state index in [1.165, 1.54) is 25.8 Å². The maximum atomic E-state index is 10.5. The number of aliphatic carboxylic acids is 1. The summed E-state index contributed by atoms with van der Waals surface area (Å²) < 4.78 is 0. The summed E-state index contributed by atoms with van der Waals surface area (Å²) in [6.07, 6.45) is 7.18. The number of piperazine rings is 1. The van der Waals surface area contributed by atoms with E-state index in [-0.39, 0.29) is 6.42 Å². The second-order valence-corrected chi connectivity index (χ2v) is 4.97. The first-order valence-corrected chi connectivity index (χ1v) is 7.00. The number of carboxylic acids is 1. The molecule has 1 aliphatic rings. The van der Waals surface area contributed by atoms with Gasteiger partial charge in [-0.25, -0.2) is 0 Å². The normalized spacial score (nSPS) is 17.8. The smallest absolute Gasteiger partial charge is 0.304 e. The van der Waals surface area contributed by atoms with Crippen LogP contribution in [0.5, 0.6) is 0 Å². The van der Waals surface area contributed by atoms with E-state index < -0.39 is 5.97 Å². The van der Waals surface area contributed by atoms with Crippen molar-refractivity contribution in [2.24, 2.45) is 0 Å². The molecule has 0 radical (unpaired) electrons. The third-order valence-electron chi connectivity index (χ3n) is 3.49. The van der Waals surface area contributed by atoms with Gasteiger partial charge in [0.15, 0.2) is 0 Å². The van der Waals surface area contributed by atoms with Crippen LogP contribution in [-0.2, 0) is 4.79 Å². The van der Waals surface area contributed by atoms with Crippen molar-refractivity contribution < 1.29 is 9.90 Å². The Hall–Kier alpha value is -0.870. The Morgan fingerprint density at radius 3 is 2.22 bits per heavy atom. The zero-order valence-corrected chi connectivity index (χ0v) is 11.3. The molecule has 1 fully saturated rings. The van der Waals surface area contributed by atoms with Gasteiger partial charge in [0.1, 0.15) is 0 Å². The van der Waals surface area contributed by atoms with Crippen LogP contribution in [0.4, 0.5) is 0 Å². The molecule has 0 saturated carbocycles. The van der Waals surface area contributed by atoms with E-state index in [4.69, 9.17) is 5.11 Å². The molecule has 1 saturated heterocycles. The fourth-order valence-corrected chi connectivity index (χ4v) is 2.29. The van der Waals surface area contributed by atoms with Gasteiger partial charge in [0, 0.05) is 32.7 Å². The summed E-state index contributed by atoms with van der Waals surface area (Å²) in [7, 11) is 0. The Morgan fingerprint density at radius 1 is 1.06 bits per heavy atom. The number of unbranched alkanes of at least 4 members (excludes halogenated alkanes) is 3. The Labute approximate surface area is 110 Å². The van der Waals surface area contributed by atoms with Gasteiger partial charge in [-0.2, -0.15) is 0 Å². The summed E-state index contributed by atoms with van der Waals surface area (Å²) in [4.78, 5) is 15.2. The van der Waals surface area contributed by atoms with Gasteiger partial charge >= 0.3 is 5.97 Å². The highest BCUT2D eigenvalue weighted by molar-refractivity contribution is 5.66. The highest BCUT2D eigenvalue weighted by Gasteiger charge is 2.16. The molecule has 1 N–H and O–H groups in total. The molecule has 1 aliphatic heterocycles. The molecule has 0 aromatic heterocycles. The van der Waals surface area contributed by atoms with Gasteiger partial charge in [-0.05, 0) is 25.8 Å². The highest BCUT2D eigenvalue weighted by atomic mass is 16.4. The van der Waals surface area contributed by atoms with Gasteiger partial charge in [0.05, 0.1) is 6.42 Å². The second kappa shape index (κ2) is 9.11. The topological polar surface area (TPSA) is 43.8 Å². The van der Waals surface area contributed by atoms with Crippen molar-refractivity contribution >= 4 is 5.97 Å². The molecule has 0 amide bonds. The number of hydrogen-bond donors (Lipinski definition) is 1. The Bertz CT molecular complexity index is 248. The standard InChI is InChI=1S/C14H26N2O2/c1-2-3-4-5-6-8-15-10-12-16(13-11-15)9-7-14(17)18/h2H,1,3-13H2,(H,17,18). The van der Waals surface area contributed by atoms with Crippen LogP contribution >= 0.6 is 0 Å². The largest absolute Gasteiger partial charge is 0.481 e. The molecule has 1 rings (SSSR count). The van der Waals surface area contributed by atoms with Crippen molar-refractivity contribution in [2.45, 2.75) is 32.1 Å². The molecule has 0 atom stereocenters. The molecule has 0 aromatic carbocycles. The lowest BCUT2D eigenvalue weighted by Crippen LogP contribution is -2.47. The molecule has 0 unspecified atom stereocenters. The Morgan fingerprint density at radius 2 is 1.67 bits per heavy atom. The van der Waals surface area contributed by atoms with E-state index in [1.807, 2.05) is 6.08 Å².